The molecule has 4 nitrogen and oxygen atoms in total. The molecule has 0 bridgehead atoms. The molecule has 5 rings (SSSR count). The van der Waals surface area contributed by atoms with Crippen LogP contribution < -0.4 is 10.1 Å². The number of fused-ring (bicyclic) bond motifs is 2. The van der Waals surface area contributed by atoms with Gasteiger partial charge in [0.1, 0.15) is 11.6 Å². The molecule has 140 valence electrons. The predicted octanol–water partition coefficient (Wildman–Crippen LogP) is 6.20. The number of nitrogens with one attached hydrogen (secondary N) is 1. The molecule has 0 saturated heterocycles. The number of aromatic nitrogens is 2. The second kappa shape index (κ2) is 7.24. The maximum atomic E-state index is 5.27. The summed E-state index contributed by atoms with van der Waals surface area (Å²) in [7, 11) is 1.67. The molecule has 0 unspecified atom stereocenters. The van der Waals surface area contributed by atoms with E-state index >= 15 is 0 Å². The minimum atomic E-state index is 0.806. The summed E-state index contributed by atoms with van der Waals surface area (Å²) in [5.41, 5.74) is 4.81. The fraction of sp³-hybridized carbons (Fsp3) is 0.0400. The topological polar surface area (TPSA) is 47.0 Å². The Hall–Kier alpha value is -3.92. The van der Waals surface area contributed by atoms with Gasteiger partial charge in [-0.2, -0.15) is 0 Å². The maximum absolute atomic E-state index is 5.27. The fourth-order valence-corrected chi connectivity index (χ4v) is 3.46. The van der Waals surface area contributed by atoms with Crippen LogP contribution in [0, 0.1) is 0 Å². The quantitative estimate of drug-likeness (QED) is 0.405. The van der Waals surface area contributed by atoms with Gasteiger partial charge in [-0.25, -0.2) is 9.97 Å². The van der Waals surface area contributed by atoms with Crippen molar-refractivity contribution in [2.75, 3.05) is 12.4 Å². The highest BCUT2D eigenvalue weighted by Gasteiger charge is 2.09. The summed E-state index contributed by atoms with van der Waals surface area (Å²) in [5, 5.41) is 5.67. The van der Waals surface area contributed by atoms with Crippen LogP contribution in [0.3, 0.4) is 0 Å². The van der Waals surface area contributed by atoms with Crippen molar-refractivity contribution < 1.29 is 4.74 Å². The zero-order valence-electron chi connectivity index (χ0n) is 16.0. The SMILES string of the molecule is COc1ccc(-c2cc(Nc3ccc4ccccc4n3)c3ccccc3n2)cc1. The number of ether oxygens (including phenoxy) is 1. The highest BCUT2D eigenvalue weighted by Crippen LogP contribution is 2.31. The molecule has 4 heteroatoms. The third kappa shape index (κ3) is 3.36. The minimum absolute atomic E-state index is 0.806. The van der Waals surface area contributed by atoms with Crippen LogP contribution in [0.25, 0.3) is 33.1 Å². The van der Waals surface area contributed by atoms with Crippen LogP contribution in [0.1, 0.15) is 0 Å². The summed E-state index contributed by atoms with van der Waals surface area (Å²) < 4.78 is 5.27. The Morgan fingerprint density at radius 1 is 0.724 bits per heavy atom. The van der Waals surface area contributed by atoms with Crippen molar-refractivity contribution in [1.29, 1.82) is 0 Å². The van der Waals surface area contributed by atoms with Crippen LogP contribution in [0.5, 0.6) is 5.75 Å². The first kappa shape index (κ1) is 17.2. The van der Waals surface area contributed by atoms with E-state index in [4.69, 9.17) is 14.7 Å². The number of rotatable bonds is 4. The molecule has 0 atom stereocenters. The molecule has 0 fully saturated rings. The largest absolute Gasteiger partial charge is 0.497 e. The van der Waals surface area contributed by atoms with Crippen molar-refractivity contribution in [3.05, 3.63) is 91.0 Å². The number of nitrogens with zero attached hydrogens (tertiary/aromatic N) is 2. The average Bonchev–Trinajstić information content (AvgIpc) is 2.79. The molecule has 2 aromatic heterocycles. The van der Waals surface area contributed by atoms with Crippen molar-refractivity contribution in [2.45, 2.75) is 0 Å². The van der Waals surface area contributed by atoms with Crippen molar-refractivity contribution in [2.24, 2.45) is 0 Å². The van der Waals surface area contributed by atoms with Crippen LogP contribution in [-0.2, 0) is 0 Å². The summed E-state index contributed by atoms with van der Waals surface area (Å²) in [6.45, 7) is 0. The third-order valence-corrected chi connectivity index (χ3v) is 4.96. The number of pyridine rings is 2. The van der Waals surface area contributed by atoms with Gasteiger partial charge in [0.05, 0.1) is 29.5 Å². The number of hydrogen-bond donors (Lipinski definition) is 1. The summed E-state index contributed by atoms with van der Waals surface area (Å²) in [6.07, 6.45) is 0. The Balaban J connectivity index is 1.60. The maximum Gasteiger partial charge on any atom is 0.131 e. The van der Waals surface area contributed by atoms with E-state index in [-0.39, 0.29) is 0 Å². The molecule has 0 aliphatic heterocycles. The molecule has 29 heavy (non-hydrogen) atoms. The number of para-hydroxylation sites is 2. The number of methoxy groups -OCH3 is 1. The molecule has 0 radical (unpaired) electrons. The van der Waals surface area contributed by atoms with E-state index in [2.05, 4.69) is 29.6 Å². The lowest BCUT2D eigenvalue weighted by Crippen LogP contribution is -1.97. The standard InChI is InChI=1S/C25H19N3O/c1-29-19-13-10-18(11-14-19)23-16-24(20-7-3-5-9-22(20)26-23)28-25-15-12-17-6-2-4-8-21(17)27-25/h2-16H,1H3,(H,26,27,28). The second-order valence-corrected chi connectivity index (χ2v) is 6.81. The Morgan fingerprint density at radius 3 is 2.31 bits per heavy atom. The third-order valence-electron chi connectivity index (χ3n) is 4.96. The number of hydrogen-bond acceptors (Lipinski definition) is 4. The Bertz CT molecular complexity index is 1310. The molecule has 2 heterocycles. The molecule has 0 aliphatic carbocycles. The van der Waals surface area contributed by atoms with Gasteiger partial charge in [0.2, 0.25) is 0 Å². The number of benzene rings is 3. The molecule has 1 N–H and O–H groups in total. The smallest absolute Gasteiger partial charge is 0.131 e. The first-order valence-electron chi connectivity index (χ1n) is 9.47. The van der Waals surface area contributed by atoms with E-state index < -0.39 is 0 Å². The molecule has 0 saturated carbocycles. The zero-order valence-corrected chi connectivity index (χ0v) is 16.0. The van der Waals surface area contributed by atoms with Gasteiger partial charge in [-0.15, -0.1) is 0 Å². The highest BCUT2D eigenvalue weighted by molar-refractivity contribution is 5.95. The predicted molar refractivity (Wildman–Crippen MR) is 119 cm³/mol. The van der Waals surface area contributed by atoms with Gasteiger partial charge in [-0.3, -0.25) is 0 Å². The van der Waals surface area contributed by atoms with Crippen molar-refractivity contribution in [1.82, 2.24) is 9.97 Å². The number of anilines is 2. The molecule has 5 aromatic rings. The molecular weight excluding hydrogens is 358 g/mol. The lowest BCUT2D eigenvalue weighted by molar-refractivity contribution is 0.415. The average molecular weight is 377 g/mol. The summed E-state index contributed by atoms with van der Waals surface area (Å²) >= 11 is 0. The van der Waals surface area contributed by atoms with Crippen LogP contribution in [0.4, 0.5) is 11.5 Å². The van der Waals surface area contributed by atoms with Crippen LogP contribution in [-0.4, -0.2) is 17.1 Å². The Kier molecular flexibility index (Phi) is 4.30. The normalized spacial score (nSPS) is 10.9. The minimum Gasteiger partial charge on any atom is -0.497 e. The van der Waals surface area contributed by atoms with Gasteiger partial charge >= 0.3 is 0 Å². The van der Waals surface area contributed by atoms with E-state index in [1.54, 1.807) is 7.11 Å². The summed E-state index contributed by atoms with van der Waals surface area (Å²) in [6, 6.07) is 30.3. The van der Waals surface area contributed by atoms with E-state index in [1.807, 2.05) is 66.7 Å². The van der Waals surface area contributed by atoms with Crippen molar-refractivity contribution in [3.63, 3.8) is 0 Å². The van der Waals surface area contributed by atoms with Gasteiger partial charge in [0.15, 0.2) is 0 Å². The first-order valence-corrected chi connectivity index (χ1v) is 9.47. The van der Waals surface area contributed by atoms with Gasteiger partial charge in [-0.05, 0) is 54.6 Å². The molecule has 3 aromatic carbocycles. The Labute approximate surface area is 168 Å². The molecule has 0 spiro atoms. The van der Waals surface area contributed by atoms with Crippen LogP contribution in [0.15, 0.2) is 91.0 Å². The fourth-order valence-electron chi connectivity index (χ4n) is 3.46. The zero-order chi connectivity index (χ0) is 19.6. The summed E-state index contributed by atoms with van der Waals surface area (Å²) in [5.74, 6) is 1.63. The molecular formula is C25H19N3O. The van der Waals surface area contributed by atoms with Crippen molar-refractivity contribution in [3.8, 4) is 17.0 Å². The van der Waals surface area contributed by atoms with Gasteiger partial charge in [-0.1, -0.05) is 36.4 Å². The lowest BCUT2D eigenvalue weighted by atomic mass is 10.1. The van der Waals surface area contributed by atoms with E-state index in [0.717, 1.165) is 50.3 Å². The van der Waals surface area contributed by atoms with Gasteiger partial charge in [0.25, 0.3) is 0 Å². The van der Waals surface area contributed by atoms with E-state index in [1.165, 1.54) is 0 Å². The van der Waals surface area contributed by atoms with E-state index in [0.29, 0.717) is 0 Å². The van der Waals surface area contributed by atoms with Crippen LogP contribution >= 0.6 is 0 Å². The Morgan fingerprint density at radius 2 is 1.48 bits per heavy atom. The molecule has 0 amide bonds. The highest BCUT2D eigenvalue weighted by atomic mass is 16.5. The van der Waals surface area contributed by atoms with Crippen LogP contribution in [0.2, 0.25) is 0 Å². The first-order chi connectivity index (χ1) is 14.3. The molecule has 0 aliphatic rings. The van der Waals surface area contributed by atoms with E-state index in [9.17, 15) is 0 Å². The van der Waals surface area contributed by atoms with Gasteiger partial charge < -0.3 is 10.1 Å². The summed E-state index contributed by atoms with van der Waals surface area (Å²) in [4.78, 5) is 9.61. The van der Waals surface area contributed by atoms with Gasteiger partial charge in [0, 0.05) is 16.3 Å². The van der Waals surface area contributed by atoms with Crippen molar-refractivity contribution >= 4 is 33.3 Å². The second-order valence-electron chi connectivity index (χ2n) is 6.81. The monoisotopic (exact) mass is 377 g/mol. The lowest BCUT2D eigenvalue weighted by Gasteiger charge is -2.12.